The Morgan fingerprint density at radius 1 is 1.43 bits per heavy atom. The van der Waals surface area contributed by atoms with Crippen LogP contribution in [-0.2, 0) is 34.3 Å². The van der Waals surface area contributed by atoms with Crippen LogP contribution < -0.4 is 16.4 Å². The molecule has 30 heavy (non-hydrogen) atoms. The molecule has 2 rings (SSSR count). The topological polar surface area (TPSA) is 231 Å². The Morgan fingerprint density at radius 2 is 2.10 bits per heavy atom. The molecular weight excluding hydrogens is 448 g/mol. The van der Waals surface area contributed by atoms with Crippen molar-refractivity contribution in [2.75, 3.05) is 18.9 Å². The van der Waals surface area contributed by atoms with Gasteiger partial charge in [-0.2, -0.15) is 8.42 Å². The van der Waals surface area contributed by atoms with Crippen LogP contribution in [0.2, 0.25) is 0 Å². The number of carboxylic acid groups (broad SMARTS) is 1. The molecular formula is C13H16N6O9S2. The highest BCUT2D eigenvalue weighted by Crippen LogP contribution is 2.23. The summed E-state index contributed by atoms with van der Waals surface area (Å²) >= 11 is 0.944. The fourth-order valence-corrected chi connectivity index (χ4v) is 3.80. The highest BCUT2D eigenvalue weighted by atomic mass is 32.2. The third-order valence-corrected chi connectivity index (χ3v) is 5.21. The molecule has 1 aromatic heterocycles. The van der Waals surface area contributed by atoms with E-state index in [1.165, 1.54) is 5.38 Å². The molecule has 2 unspecified atom stereocenters. The average molecular weight is 464 g/mol. The minimum Gasteiger partial charge on any atom is -0.479 e. The number of hydrogen-bond donors (Lipinski definition) is 5. The lowest BCUT2D eigenvalue weighted by Gasteiger charge is -2.44. The second kappa shape index (κ2) is 9.01. The molecule has 2 atom stereocenters. The van der Waals surface area contributed by atoms with Gasteiger partial charge in [-0.05, 0) is 0 Å². The van der Waals surface area contributed by atoms with E-state index in [-0.39, 0.29) is 15.1 Å². The molecule has 3 amide bonds. The molecule has 6 N–H and O–H groups in total. The number of anilines is 1. The second-order valence-electron chi connectivity index (χ2n) is 5.75. The monoisotopic (exact) mass is 464 g/mol. The number of carbonyl (C=O) groups excluding carboxylic acids is 3. The van der Waals surface area contributed by atoms with Gasteiger partial charge in [0.2, 0.25) is 12.5 Å². The van der Waals surface area contributed by atoms with Gasteiger partial charge in [0.15, 0.2) is 10.8 Å². The molecule has 0 bridgehead atoms. The van der Waals surface area contributed by atoms with Crippen molar-refractivity contribution < 1.29 is 42.1 Å². The number of carbonyl (C=O) groups is 4. The van der Waals surface area contributed by atoms with Crippen LogP contribution in [-0.4, -0.2) is 82.0 Å². The molecule has 0 spiro atoms. The van der Waals surface area contributed by atoms with E-state index >= 15 is 0 Å². The van der Waals surface area contributed by atoms with Crippen LogP contribution in [0.25, 0.3) is 0 Å². The molecule has 0 aromatic carbocycles. The predicted octanol–water partition coefficient (Wildman–Crippen LogP) is -2.83. The molecule has 2 heterocycles. The Balaban J connectivity index is 2.24. The Hall–Kier alpha value is -3.31. The van der Waals surface area contributed by atoms with E-state index in [4.69, 9.17) is 10.8 Å². The fourth-order valence-electron chi connectivity index (χ4n) is 2.37. The lowest BCUT2D eigenvalue weighted by atomic mass is 9.98. The van der Waals surface area contributed by atoms with Gasteiger partial charge in [-0.25, -0.2) is 14.1 Å². The Labute approximate surface area is 172 Å². The molecule has 1 saturated heterocycles. The van der Waals surface area contributed by atoms with Crippen molar-refractivity contribution in [2.24, 2.45) is 5.16 Å². The normalized spacial score (nSPS) is 19.1. The van der Waals surface area contributed by atoms with Crippen molar-refractivity contribution in [2.45, 2.75) is 19.0 Å². The van der Waals surface area contributed by atoms with Crippen molar-refractivity contribution in [3.8, 4) is 0 Å². The van der Waals surface area contributed by atoms with Crippen LogP contribution in [0.15, 0.2) is 10.5 Å². The van der Waals surface area contributed by atoms with Gasteiger partial charge in [-0.3, -0.25) is 18.9 Å². The van der Waals surface area contributed by atoms with E-state index in [2.05, 4.69) is 25.6 Å². The minimum absolute atomic E-state index is 0.0598. The molecule has 15 nitrogen and oxygen atoms in total. The van der Waals surface area contributed by atoms with Gasteiger partial charge in [0.05, 0.1) is 6.04 Å². The number of oxime groups is 1. The summed E-state index contributed by atoms with van der Waals surface area (Å²) < 4.78 is 32.1. The summed E-state index contributed by atoms with van der Waals surface area (Å²) in [6.45, 7) is -0.124. The molecule has 0 saturated carbocycles. The number of amides is 3. The van der Waals surface area contributed by atoms with E-state index in [0.29, 0.717) is 0 Å². The number of rotatable bonds is 9. The summed E-state index contributed by atoms with van der Waals surface area (Å²) in [5.41, 5.74) is 4.89. The Kier molecular flexibility index (Phi) is 6.90. The number of aliphatic carboxylic acids is 1. The van der Waals surface area contributed by atoms with Crippen LogP contribution >= 0.6 is 11.3 Å². The quantitative estimate of drug-likeness (QED) is 0.108. The number of hydrogen-bond acceptors (Lipinski definition) is 11. The maximum absolute atomic E-state index is 12.6. The van der Waals surface area contributed by atoms with Crippen LogP contribution in [0.1, 0.15) is 12.6 Å². The number of nitrogens with one attached hydrogen (secondary N) is 2. The average Bonchev–Trinajstić information content (AvgIpc) is 3.04. The van der Waals surface area contributed by atoms with E-state index in [1.54, 1.807) is 0 Å². The third-order valence-electron chi connectivity index (χ3n) is 3.59. The number of carboxylic acids is 1. The molecule has 1 aliphatic heterocycles. The van der Waals surface area contributed by atoms with Crippen LogP contribution in [0, 0.1) is 0 Å². The van der Waals surface area contributed by atoms with Gasteiger partial charge in [0.25, 0.3) is 11.8 Å². The maximum Gasteiger partial charge on any atom is 0.362 e. The number of β-lactam (4-membered cyclic amide) rings is 1. The van der Waals surface area contributed by atoms with E-state index in [0.717, 1.165) is 18.3 Å². The van der Waals surface area contributed by atoms with E-state index in [1.807, 2.05) is 0 Å². The van der Waals surface area contributed by atoms with Crippen molar-refractivity contribution in [1.82, 2.24) is 19.9 Å². The number of thiazole rings is 1. The smallest absolute Gasteiger partial charge is 0.362 e. The second-order valence-corrected chi connectivity index (χ2v) is 7.92. The van der Waals surface area contributed by atoms with Crippen molar-refractivity contribution >= 4 is 56.2 Å². The first-order valence-corrected chi connectivity index (χ1v) is 10.2. The third kappa shape index (κ3) is 5.39. The highest BCUT2D eigenvalue weighted by molar-refractivity contribution is 7.84. The molecule has 1 fully saturated rings. The molecule has 0 radical (unpaired) electrons. The zero-order valence-electron chi connectivity index (χ0n) is 15.1. The molecule has 1 aliphatic rings. The van der Waals surface area contributed by atoms with Crippen LogP contribution in [0.4, 0.5) is 5.13 Å². The van der Waals surface area contributed by atoms with Crippen molar-refractivity contribution in [3.63, 3.8) is 0 Å². The van der Waals surface area contributed by atoms with Crippen molar-refractivity contribution in [3.05, 3.63) is 11.1 Å². The summed E-state index contributed by atoms with van der Waals surface area (Å²) in [6, 6.07) is -2.77. The van der Waals surface area contributed by atoms with Gasteiger partial charge in [-0.15, -0.1) is 11.3 Å². The van der Waals surface area contributed by atoms with Gasteiger partial charge in [0.1, 0.15) is 11.7 Å². The fraction of sp³-hybridized carbons (Fsp3) is 0.385. The predicted molar refractivity (Wildman–Crippen MR) is 99.4 cm³/mol. The number of aromatic nitrogens is 1. The van der Waals surface area contributed by atoms with Crippen LogP contribution in [0.3, 0.4) is 0 Å². The molecule has 17 heteroatoms. The standard InChI is InChI=1S/C13H16N6O9S2/c1-5(20)15-2-7-10(12(24)19(7)30(25,26)27)17-11(23)9(18-28-3-8(21)22)6-4-29-13(14)16-6/h4,7,10H,2-3H2,1H3,(H2,14,16)(H,15,20)(H,17,23)(H,21,22)(H,25,26,27)/b18-9-. The molecule has 1 aromatic rings. The lowest BCUT2D eigenvalue weighted by molar-refractivity contribution is -0.145. The van der Waals surface area contributed by atoms with Gasteiger partial charge < -0.3 is 26.3 Å². The maximum atomic E-state index is 12.6. The van der Waals surface area contributed by atoms with Gasteiger partial charge in [-0.1, -0.05) is 5.16 Å². The number of nitrogens with two attached hydrogens (primary N) is 1. The SMILES string of the molecule is CC(=O)NCC1C(NC(=O)/C(=N\OCC(=O)O)c2csc(N)n2)C(=O)N1S(=O)(=O)O. The summed E-state index contributed by atoms with van der Waals surface area (Å²) in [5, 5.41) is 17.9. The summed E-state index contributed by atoms with van der Waals surface area (Å²) in [7, 11) is -4.94. The first-order chi connectivity index (χ1) is 13.9. The number of nitrogen functional groups attached to an aromatic ring is 1. The summed E-state index contributed by atoms with van der Waals surface area (Å²) in [6.07, 6.45) is 0. The molecule has 164 valence electrons. The lowest BCUT2D eigenvalue weighted by Crippen LogP contribution is -2.74. The van der Waals surface area contributed by atoms with E-state index < -0.39 is 64.9 Å². The van der Waals surface area contributed by atoms with Crippen molar-refractivity contribution in [1.29, 1.82) is 0 Å². The minimum atomic E-state index is -4.94. The summed E-state index contributed by atoms with van der Waals surface area (Å²) in [4.78, 5) is 54.8. The Bertz CT molecular complexity index is 1000. The number of nitrogens with zero attached hydrogens (tertiary/aromatic N) is 3. The zero-order valence-corrected chi connectivity index (χ0v) is 16.8. The molecule has 0 aliphatic carbocycles. The zero-order chi connectivity index (χ0) is 22.6. The van der Waals surface area contributed by atoms with E-state index in [9.17, 15) is 32.1 Å². The first kappa shape index (κ1) is 23.0. The Morgan fingerprint density at radius 3 is 2.60 bits per heavy atom. The van der Waals surface area contributed by atoms with Crippen LogP contribution in [0.5, 0.6) is 0 Å². The van der Waals surface area contributed by atoms with Gasteiger partial charge >= 0.3 is 16.3 Å². The largest absolute Gasteiger partial charge is 0.479 e. The summed E-state index contributed by atoms with van der Waals surface area (Å²) in [5.74, 6) is -4.14. The highest BCUT2D eigenvalue weighted by Gasteiger charge is 2.54. The first-order valence-electron chi connectivity index (χ1n) is 7.91. The van der Waals surface area contributed by atoms with Gasteiger partial charge in [0, 0.05) is 18.8 Å².